The van der Waals surface area contributed by atoms with Crippen LogP contribution in [0.15, 0.2) is 11.6 Å². The number of fused-ring (bicyclic) bond motifs is 1. The number of thiophene rings is 1. The summed E-state index contributed by atoms with van der Waals surface area (Å²) in [6.07, 6.45) is 6.15. The largest absolute Gasteiger partial charge is 0.225 e. The Bertz CT molecular complexity index is 741. The van der Waals surface area contributed by atoms with E-state index >= 15 is 0 Å². The zero-order valence-electron chi connectivity index (χ0n) is 12.3. The van der Waals surface area contributed by atoms with Crippen LogP contribution in [-0.2, 0) is 0 Å². The third kappa shape index (κ3) is 3.81. The minimum absolute atomic E-state index is 0.185. The summed E-state index contributed by atoms with van der Waals surface area (Å²) in [5.41, 5.74) is 1.22. The molecule has 0 amide bonds. The summed E-state index contributed by atoms with van der Waals surface area (Å²) in [6, 6.07) is 0. The van der Waals surface area contributed by atoms with Crippen molar-refractivity contribution in [3.63, 3.8) is 0 Å². The van der Waals surface area contributed by atoms with Gasteiger partial charge in [-0.2, -0.15) is 0 Å². The molecule has 0 atom stereocenters. The van der Waals surface area contributed by atoms with Gasteiger partial charge in [0.05, 0.1) is 5.39 Å². The fourth-order valence-electron chi connectivity index (χ4n) is 1.60. The van der Waals surface area contributed by atoms with Gasteiger partial charge in [-0.1, -0.05) is 49.2 Å². The smallest absolute Gasteiger partial charge is 0.207 e. The van der Waals surface area contributed by atoms with Crippen LogP contribution in [0, 0.1) is 0 Å². The van der Waals surface area contributed by atoms with Crippen LogP contribution in [0.2, 0.25) is 10.4 Å². The molecule has 0 aliphatic rings. The number of nitrogens with zero attached hydrogens (tertiary/aromatic N) is 2. The van der Waals surface area contributed by atoms with Crippen molar-refractivity contribution in [3.05, 3.63) is 31.8 Å². The minimum atomic E-state index is 0.185. The summed E-state index contributed by atoms with van der Waals surface area (Å²) < 4.78 is 1.13. The van der Waals surface area contributed by atoms with Crippen LogP contribution < -0.4 is 9.75 Å². The first-order valence-corrected chi connectivity index (χ1v) is 8.03. The van der Waals surface area contributed by atoms with Crippen molar-refractivity contribution in [3.8, 4) is 0 Å². The number of hydrogen-bond donors (Lipinski definition) is 0. The number of halogens is 2. The zero-order valence-corrected chi connectivity index (χ0v) is 14.6. The van der Waals surface area contributed by atoms with Gasteiger partial charge in [-0.3, -0.25) is 0 Å². The maximum atomic E-state index is 6.17. The van der Waals surface area contributed by atoms with Crippen LogP contribution in [0.4, 0.5) is 0 Å². The van der Waals surface area contributed by atoms with Gasteiger partial charge in [0.2, 0.25) is 5.28 Å². The molecule has 0 bridgehead atoms. The first kappa shape index (κ1) is 17.2. The Morgan fingerprint density at radius 2 is 1.80 bits per heavy atom. The maximum absolute atomic E-state index is 6.17. The SMILES string of the molecule is C/C=c1/sc2nc(Cl)nc(Cl)c2/c1=C/C=C(C)C.CC. The topological polar surface area (TPSA) is 25.8 Å². The van der Waals surface area contributed by atoms with Crippen LogP contribution in [0.25, 0.3) is 22.4 Å². The Morgan fingerprint density at radius 3 is 2.35 bits per heavy atom. The third-order valence-corrected chi connectivity index (χ3v) is 4.00. The van der Waals surface area contributed by atoms with Gasteiger partial charge in [-0.05, 0) is 32.4 Å². The molecule has 0 aromatic carbocycles. The first-order valence-electron chi connectivity index (χ1n) is 6.46. The van der Waals surface area contributed by atoms with Crippen LogP contribution >= 0.6 is 34.5 Å². The summed E-state index contributed by atoms with van der Waals surface area (Å²) in [5.74, 6) is 0. The lowest BCUT2D eigenvalue weighted by Crippen LogP contribution is -2.18. The summed E-state index contributed by atoms with van der Waals surface area (Å²) in [6.45, 7) is 10.1. The Kier molecular flexibility index (Phi) is 6.66. The average molecular weight is 329 g/mol. The van der Waals surface area contributed by atoms with Crippen molar-refractivity contribution in [1.29, 1.82) is 0 Å². The molecule has 0 saturated carbocycles. The molecule has 2 aromatic heterocycles. The van der Waals surface area contributed by atoms with Gasteiger partial charge in [-0.15, -0.1) is 11.3 Å². The standard InChI is InChI=1S/C13H12Cl2N2S.C2H6/c1-4-9-8(6-5-7(2)3)10-11(14)16-13(15)17-12(10)18-9;1-2/h4-6H,1-3H3;1-2H3/b8-6+,9-4+;. The van der Waals surface area contributed by atoms with E-state index < -0.39 is 0 Å². The fourth-order valence-corrected chi connectivity index (χ4v) is 3.24. The number of aromatic nitrogens is 2. The highest BCUT2D eigenvalue weighted by Gasteiger charge is 2.09. The van der Waals surface area contributed by atoms with Gasteiger partial charge in [-0.25, -0.2) is 9.97 Å². The lowest BCUT2D eigenvalue weighted by molar-refractivity contribution is 1.23. The predicted octanol–water partition coefficient (Wildman–Crippen LogP) is 4.57. The molecule has 0 unspecified atom stereocenters. The second-order valence-corrected chi connectivity index (χ2v) is 5.77. The summed E-state index contributed by atoms with van der Waals surface area (Å²) in [4.78, 5) is 9.05. The van der Waals surface area contributed by atoms with Crippen LogP contribution in [0.3, 0.4) is 0 Å². The minimum Gasteiger partial charge on any atom is -0.207 e. The number of hydrogen-bond acceptors (Lipinski definition) is 3. The van der Waals surface area contributed by atoms with Crippen molar-refractivity contribution in [1.82, 2.24) is 9.97 Å². The van der Waals surface area contributed by atoms with Gasteiger partial charge in [0.1, 0.15) is 9.98 Å². The summed E-state index contributed by atoms with van der Waals surface area (Å²) in [5, 5.41) is 2.52. The molecule has 0 N–H and O–H groups in total. The van der Waals surface area contributed by atoms with E-state index in [1.54, 1.807) is 11.3 Å². The molecule has 2 aromatic rings. The highest BCUT2D eigenvalue weighted by molar-refractivity contribution is 7.16. The highest BCUT2D eigenvalue weighted by atomic mass is 35.5. The van der Waals surface area contributed by atoms with E-state index in [0.717, 1.165) is 20.0 Å². The second kappa shape index (κ2) is 7.77. The average Bonchev–Trinajstić information content (AvgIpc) is 2.76. The molecule has 20 heavy (non-hydrogen) atoms. The van der Waals surface area contributed by atoms with Crippen LogP contribution in [0.5, 0.6) is 0 Å². The Morgan fingerprint density at radius 1 is 1.15 bits per heavy atom. The molecular weight excluding hydrogens is 311 g/mol. The molecule has 0 aliphatic carbocycles. The van der Waals surface area contributed by atoms with Crippen molar-refractivity contribution >= 4 is 56.9 Å². The Balaban J connectivity index is 0.000000956. The second-order valence-electron chi connectivity index (χ2n) is 4.04. The van der Waals surface area contributed by atoms with Crippen LogP contribution in [-0.4, -0.2) is 9.97 Å². The lowest BCUT2D eigenvalue weighted by atomic mass is 10.2. The molecule has 108 valence electrons. The molecule has 5 heteroatoms. The van der Waals surface area contributed by atoms with Gasteiger partial charge in [0.15, 0.2) is 0 Å². The van der Waals surface area contributed by atoms with Crippen molar-refractivity contribution in [2.45, 2.75) is 34.6 Å². The van der Waals surface area contributed by atoms with E-state index in [4.69, 9.17) is 23.2 Å². The zero-order chi connectivity index (χ0) is 15.3. The normalized spacial score (nSPS) is 12.3. The van der Waals surface area contributed by atoms with Crippen LogP contribution in [0.1, 0.15) is 34.6 Å². The molecule has 2 rings (SSSR count). The Labute approximate surface area is 133 Å². The molecule has 0 fully saturated rings. The lowest BCUT2D eigenvalue weighted by Gasteiger charge is -1.93. The first-order chi connectivity index (χ1) is 9.52. The molecule has 0 radical (unpaired) electrons. The molecular formula is C15H18Cl2N2S. The highest BCUT2D eigenvalue weighted by Crippen LogP contribution is 2.20. The monoisotopic (exact) mass is 328 g/mol. The molecule has 0 aliphatic heterocycles. The van der Waals surface area contributed by atoms with E-state index in [-0.39, 0.29) is 5.28 Å². The van der Waals surface area contributed by atoms with E-state index in [2.05, 4.69) is 29.9 Å². The number of allylic oxidation sites excluding steroid dienone is 2. The third-order valence-electron chi connectivity index (χ3n) is 2.39. The maximum Gasteiger partial charge on any atom is 0.225 e. The van der Waals surface area contributed by atoms with E-state index in [1.807, 2.05) is 32.9 Å². The van der Waals surface area contributed by atoms with Gasteiger partial charge in [0.25, 0.3) is 0 Å². The Hall–Kier alpha value is -0.900. The van der Waals surface area contributed by atoms with Crippen molar-refractivity contribution in [2.24, 2.45) is 0 Å². The summed E-state index contributed by atoms with van der Waals surface area (Å²) in [7, 11) is 0. The molecule has 0 saturated heterocycles. The van der Waals surface area contributed by atoms with Crippen molar-refractivity contribution < 1.29 is 0 Å². The molecule has 0 spiro atoms. The predicted molar refractivity (Wildman–Crippen MR) is 92.1 cm³/mol. The summed E-state index contributed by atoms with van der Waals surface area (Å²) >= 11 is 13.6. The van der Waals surface area contributed by atoms with E-state index in [9.17, 15) is 0 Å². The van der Waals surface area contributed by atoms with E-state index in [0.29, 0.717) is 5.15 Å². The van der Waals surface area contributed by atoms with Gasteiger partial charge >= 0.3 is 0 Å². The fraction of sp³-hybridized carbons (Fsp3) is 0.333. The quantitative estimate of drug-likeness (QED) is 0.566. The molecule has 2 nitrogen and oxygen atoms in total. The van der Waals surface area contributed by atoms with Crippen molar-refractivity contribution in [2.75, 3.05) is 0 Å². The molecule has 2 heterocycles. The van der Waals surface area contributed by atoms with Gasteiger partial charge < -0.3 is 0 Å². The van der Waals surface area contributed by atoms with E-state index in [1.165, 1.54) is 5.57 Å². The number of rotatable bonds is 1. The van der Waals surface area contributed by atoms with Gasteiger partial charge in [0, 0.05) is 9.75 Å².